The predicted molar refractivity (Wildman–Crippen MR) is 91.5 cm³/mol. The topological polar surface area (TPSA) is 59.0 Å². The first-order valence-electron chi connectivity index (χ1n) is 9.37. The lowest BCUT2D eigenvalue weighted by molar-refractivity contribution is 0.0946. The molecule has 0 bridgehead atoms. The summed E-state index contributed by atoms with van der Waals surface area (Å²) in [7, 11) is 0. The first-order valence-corrected chi connectivity index (χ1v) is 9.37. The minimum Gasteiger partial charge on any atom is -0.351 e. The van der Waals surface area contributed by atoms with E-state index in [-0.39, 0.29) is 5.91 Å². The zero-order valence-corrected chi connectivity index (χ0v) is 14.1. The van der Waals surface area contributed by atoms with Crippen LogP contribution in [-0.2, 0) is 0 Å². The van der Waals surface area contributed by atoms with E-state index < -0.39 is 0 Å². The molecular weight excluding hydrogens is 288 g/mol. The molecule has 1 saturated carbocycles. The summed E-state index contributed by atoms with van der Waals surface area (Å²) in [5.41, 5.74) is 0.548. The van der Waals surface area contributed by atoms with E-state index in [0.717, 1.165) is 38.4 Å². The molecule has 2 N–H and O–H groups in total. The van der Waals surface area contributed by atoms with Crippen LogP contribution in [0.2, 0.25) is 0 Å². The largest absolute Gasteiger partial charge is 0.351 e. The van der Waals surface area contributed by atoms with Crippen LogP contribution in [0.4, 0.5) is 0 Å². The molecule has 0 spiro atoms. The molecule has 1 unspecified atom stereocenters. The van der Waals surface area contributed by atoms with Crippen molar-refractivity contribution in [2.24, 2.45) is 5.92 Å². The third-order valence-corrected chi connectivity index (χ3v) is 5.29. The number of hydrogen-bond donors (Lipinski definition) is 2. The van der Waals surface area contributed by atoms with E-state index in [0.29, 0.717) is 11.7 Å². The fourth-order valence-corrected chi connectivity index (χ4v) is 3.87. The predicted octanol–water partition coefficient (Wildman–Crippen LogP) is 2.90. The molecule has 5 heteroatoms. The Balaban J connectivity index is 1.35. The van der Waals surface area contributed by atoms with Crippen LogP contribution in [0.3, 0.4) is 0 Å². The number of aromatic nitrogens is 2. The summed E-state index contributed by atoms with van der Waals surface area (Å²) >= 11 is 0. The maximum absolute atomic E-state index is 12.2. The van der Waals surface area contributed by atoms with E-state index in [1.54, 1.807) is 0 Å². The molecule has 23 heavy (non-hydrogen) atoms. The summed E-state index contributed by atoms with van der Waals surface area (Å²) in [5.74, 6) is 0.916. The van der Waals surface area contributed by atoms with Gasteiger partial charge < -0.3 is 10.6 Å². The summed E-state index contributed by atoms with van der Waals surface area (Å²) in [5, 5.41) is 10.9. The van der Waals surface area contributed by atoms with E-state index in [4.69, 9.17) is 0 Å². The number of hydrogen-bond acceptors (Lipinski definition) is 3. The summed E-state index contributed by atoms with van der Waals surface area (Å²) < 4.78 is 1.95. The number of unbranched alkanes of at least 4 members (excludes halogenated alkanes) is 1. The van der Waals surface area contributed by atoms with Crippen LogP contribution in [0.5, 0.6) is 0 Å². The molecule has 1 aliphatic carbocycles. The number of carbonyl (C=O) groups excluding carboxylic acids is 1. The van der Waals surface area contributed by atoms with Crippen molar-refractivity contribution in [1.82, 2.24) is 20.4 Å². The SMILES string of the molecule is O=C(NCCCCC1CCCC1)c1ccn(C2CCCNC2)n1. The first-order chi connectivity index (χ1) is 11.3. The van der Waals surface area contributed by atoms with Gasteiger partial charge in [-0.25, -0.2) is 0 Å². The molecule has 2 heterocycles. The fraction of sp³-hybridized carbons (Fsp3) is 0.778. The molecule has 3 rings (SSSR count). The van der Waals surface area contributed by atoms with Gasteiger partial charge in [-0.1, -0.05) is 38.5 Å². The van der Waals surface area contributed by atoms with Crippen molar-refractivity contribution in [3.8, 4) is 0 Å². The van der Waals surface area contributed by atoms with Gasteiger partial charge in [0.2, 0.25) is 0 Å². The van der Waals surface area contributed by atoms with Crippen molar-refractivity contribution >= 4 is 5.91 Å². The van der Waals surface area contributed by atoms with Crippen molar-refractivity contribution in [3.05, 3.63) is 18.0 Å². The summed E-state index contributed by atoms with van der Waals surface area (Å²) in [6.45, 7) is 2.80. The number of nitrogens with zero attached hydrogens (tertiary/aromatic N) is 2. The Morgan fingerprint density at radius 1 is 1.26 bits per heavy atom. The Bertz CT molecular complexity index is 487. The van der Waals surface area contributed by atoms with Crippen LogP contribution in [0, 0.1) is 5.92 Å². The second-order valence-electron chi connectivity index (χ2n) is 7.08. The van der Waals surface area contributed by atoms with Crippen molar-refractivity contribution in [1.29, 1.82) is 0 Å². The molecule has 1 aromatic heterocycles. The molecule has 1 aliphatic heterocycles. The molecule has 0 radical (unpaired) electrons. The van der Waals surface area contributed by atoms with Crippen LogP contribution in [-0.4, -0.2) is 35.3 Å². The lowest BCUT2D eigenvalue weighted by atomic mass is 10.0. The number of amides is 1. The Kier molecular flexibility index (Phi) is 6.08. The highest BCUT2D eigenvalue weighted by Gasteiger charge is 2.17. The third kappa shape index (κ3) is 4.80. The molecule has 1 aromatic rings. The van der Waals surface area contributed by atoms with Gasteiger partial charge in [-0.3, -0.25) is 9.48 Å². The van der Waals surface area contributed by atoms with Crippen LogP contribution < -0.4 is 10.6 Å². The summed E-state index contributed by atoms with van der Waals surface area (Å²) in [6, 6.07) is 2.22. The number of rotatable bonds is 7. The Labute approximate surface area is 139 Å². The minimum atomic E-state index is -0.0339. The fourth-order valence-electron chi connectivity index (χ4n) is 3.87. The molecule has 128 valence electrons. The highest BCUT2D eigenvalue weighted by atomic mass is 16.1. The highest BCUT2D eigenvalue weighted by molar-refractivity contribution is 5.92. The van der Waals surface area contributed by atoms with E-state index in [9.17, 15) is 4.79 Å². The number of carbonyl (C=O) groups is 1. The first kappa shape index (κ1) is 16.5. The average molecular weight is 318 g/mol. The van der Waals surface area contributed by atoms with Gasteiger partial charge in [0.05, 0.1) is 6.04 Å². The van der Waals surface area contributed by atoms with Gasteiger partial charge in [0, 0.05) is 19.3 Å². The van der Waals surface area contributed by atoms with E-state index in [1.165, 1.54) is 44.9 Å². The lowest BCUT2D eigenvalue weighted by Gasteiger charge is -2.22. The van der Waals surface area contributed by atoms with Crippen molar-refractivity contribution < 1.29 is 4.79 Å². The quantitative estimate of drug-likeness (QED) is 0.760. The highest BCUT2D eigenvalue weighted by Crippen LogP contribution is 2.28. The van der Waals surface area contributed by atoms with E-state index >= 15 is 0 Å². The second kappa shape index (κ2) is 8.48. The standard InChI is InChI=1S/C18H30N4O/c23-18(20-12-4-3-8-15-6-1-2-7-15)17-10-13-22(21-17)16-9-5-11-19-14-16/h10,13,15-16,19H,1-9,11-12,14H2,(H,20,23). The summed E-state index contributed by atoms with van der Waals surface area (Å²) in [6.07, 6.45) is 13.6. The maximum Gasteiger partial charge on any atom is 0.271 e. The van der Waals surface area contributed by atoms with Gasteiger partial charge in [0.1, 0.15) is 5.69 Å². The second-order valence-corrected chi connectivity index (χ2v) is 7.08. The normalized spacial score (nSPS) is 22.3. The van der Waals surface area contributed by atoms with Crippen LogP contribution in [0.15, 0.2) is 12.3 Å². The van der Waals surface area contributed by atoms with Gasteiger partial charge in [-0.05, 0) is 37.8 Å². The van der Waals surface area contributed by atoms with Gasteiger partial charge in [0.25, 0.3) is 5.91 Å². The zero-order chi connectivity index (χ0) is 15.9. The van der Waals surface area contributed by atoms with Crippen molar-refractivity contribution in [2.45, 2.75) is 63.8 Å². The Morgan fingerprint density at radius 3 is 2.91 bits per heavy atom. The van der Waals surface area contributed by atoms with E-state index in [1.807, 2.05) is 16.9 Å². The number of piperidine rings is 1. The van der Waals surface area contributed by atoms with Crippen LogP contribution in [0.1, 0.15) is 74.3 Å². The van der Waals surface area contributed by atoms with Gasteiger partial charge >= 0.3 is 0 Å². The molecule has 1 saturated heterocycles. The van der Waals surface area contributed by atoms with Gasteiger partial charge in [0.15, 0.2) is 0 Å². The van der Waals surface area contributed by atoms with Gasteiger partial charge in [-0.15, -0.1) is 0 Å². The zero-order valence-electron chi connectivity index (χ0n) is 14.1. The Hall–Kier alpha value is -1.36. The maximum atomic E-state index is 12.2. The third-order valence-electron chi connectivity index (χ3n) is 5.29. The molecule has 1 atom stereocenters. The Morgan fingerprint density at radius 2 is 2.13 bits per heavy atom. The van der Waals surface area contributed by atoms with E-state index in [2.05, 4.69) is 15.7 Å². The van der Waals surface area contributed by atoms with Crippen molar-refractivity contribution in [3.63, 3.8) is 0 Å². The van der Waals surface area contributed by atoms with Crippen molar-refractivity contribution in [2.75, 3.05) is 19.6 Å². The monoisotopic (exact) mass is 318 g/mol. The molecular formula is C18H30N4O. The van der Waals surface area contributed by atoms with Crippen LogP contribution >= 0.6 is 0 Å². The molecule has 2 fully saturated rings. The van der Waals surface area contributed by atoms with Crippen LogP contribution in [0.25, 0.3) is 0 Å². The molecule has 0 aromatic carbocycles. The average Bonchev–Trinajstić information content (AvgIpc) is 3.27. The lowest BCUT2D eigenvalue weighted by Crippen LogP contribution is -2.32. The molecule has 1 amide bonds. The summed E-state index contributed by atoms with van der Waals surface area (Å²) in [4.78, 5) is 12.2. The molecule has 2 aliphatic rings. The molecule has 5 nitrogen and oxygen atoms in total. The van der Waals surface area contributed by atoms with Gasteiger partial charge in [-0.2, -0.15) is 5.10 Å². The minimum absolute atomic E-state index is 0.0339. The number of nitrogens with one attached hydrogen (secondary N) is 2. The smallest absolute Gasteiger partial charge is 0.271 e.